The highest BCUT2D eigenvalue weighted by molar-refractivity contribution is 5.93. The van der Waals surface area contributed by atoms with Gasteiger partial charge < -0.3 is 5.11 Å². The lowest BCUT2D eigenvalue weighted by Crippen LogP contribution is -2.51. The summed E-state index contributed by atoms with van der Waals surface area (Å²) >= 11 is 0. The number of hydrogen-bond donors (Lipinski definition) is 1. The van der Waals surface area contributed by atoms with Crippen LogP contribution in [0.1, 0.15) is 58.8 Å². The Labute approximate surface area is 171 Å². The van der Waals surface area contributed by atoms with E-state index < -0.39 is 5.60 Å². The first kappa shape index (κ1) is 17.4. The van der Waals surface area contributed by atoms with Crippen molar-refractivity contribution in [1.29, 1.82) is 0 Å². The molecule has 7 aliphatic rings. The van der Waals surface area contributed by atoms with E-state index in [1.54, 1.807) is 11.0 Å². The first-order valence-corrected chi connectivity index (χ1v) is 11.8. The number of carbonyl (C=O) groups is 1. The summed E-state index contributed by atoms with van der Waals surface area (Å²) in [4.78, 5) is 13.5. The number of nitrogens with zero attached hydrogens (tertiary/aromatic N) is 4. The van der Waals surface area contributed by atoms with Crippen LogP contribution < -0.4 is 0 Å². The van der Waals surface area contributed by atoms with Crippen molar-refractivity contribution >= 4 is 5.78 Å². The Kier molecular flexibility index (Phi) is 3.07. The van der Waals surface area contributed by atoms with Crippen LogP contribution in [0, 0.1) is 58.2 Å². The van der Waals surface area contributed by atoms with E-state index >= 15 is 0 Å². The van der Waals surface area contributed by atoms with Crippen molar-refractivity contribution in [2.75, 3.05) is 0 Å². The maximum atomic E-state index is 13.5. The van der Waals surface area contributed by atoms with E-state index in [4.69, 9.17) is 0 Å². The van der Waals surface area contributed by atoms with Gasteiger partial charge in [0.1, 0.15) is 12.9 Å². The Morgan fingerprint density at radius 1 is 1.07 bits per heavy atom. The lowest BCUT2D eigenvalue weighted by atomic mass is 9.49. The molecular weight excluding hydrogens is 364 g/mol. The van der Waals surface area contributed by atoms with Gasteiger partial charge in [-0.3, -0.25) is 4.79 Å². The summed E-state index contributed by atoms with van der Waals surface area (Å²) in [5.41, 5.74) is -0.290. The quantitative estimate of drug-likeness (QED) is 0.850. The number of Topliss-reactive ketones (excluding diaryl/α,β-unsaturated/α-hetero) is 1. The van der Waals surface area contributed by atoms with E-state index in [0.29, 0.717) is 24.2 Å². The molecule has 7 fully saturated rings. The van der Waals surface area contributed by atoms with Gasteiger partial charge in [-0.05, 0) is 115 Å². The van der Waals surface area contributed by atoms with Gasteiger partial charge >= 0.3 is 0 Å². The number of tetrazole rings is 1. The zero-order valence-electron chi connectivity index (χ0n) is 17.5. The van der Waals surface area contributed by atoms with E-state index in [1.807, 2.05) is 6.92 Å². The van der Waals surface area contributed by atoms with Crippen LogP contribution in [-0.2, 0) is 11.3 Å². The van der Waals surface area contributed by atoms with Gasteiger partial charge in [0.05, 0.1) is 5.60 Å². The molecule has 6 heteroatoms. The second-order valence-electron chi connectivity index (χ2n) is 12.0. The predicted molar refractivity (Wildman–Crippen MR) is 104 cm³/mol. The Morgan fingerprint density at radius 3 is 2.62 bits per heavy atom. The van der Waals surface area contributed by atoms with Gasteiger partial charge in [0.25, 0.3) is 0 Å². The van der Waals surface area contributed by atoms with E-state index in [2.05, 4.69) is 22.4 Å². The molecule has 0 saturated heterocycles. The Morgan fingerprint density at radius 2 is 1.86 bits per heavy atom. The third-order valence-corrected chi connectivity index (χ3v) is 11.0. The number of aliphatic hydroxyl groups is 1. The average Bonchev–Trinajstić information content (AvgIpc) is 3.41. The second-order valence-corrected chi connectivity index (χ2v) is 12.0. The summed E-state index contributed by atoms with van der Waals surface area (Å²) in [6, 6.07) is 0. The Bertz CT molecular complexity index is 871. The molecule has 0 radical (unpaired) electrons. The van der Waals surface area contributed by atoms with Crippen LogP contribution in [0.5, 0.6) is 0 Å². The second kappa shape index (κ2) is 5.12. The topological polar surface area (TPSA) is 80.9 Å². The van der Waals surface area contributed by atoms with Gasteiger partial charge in [-0.1, -0.05) is 6.92 Å². The molecule has 2 bridgehead atoms. The molecule has 8 rings (SSSR count). The molecule has 1 N–H and O–H groups in total. The predicted octanol–water partition coefficient (Wildman–Crippen LogP) is 2.73. The highest BCUT2D eigenvalue weighted by atomic mass is 16.3. The normalized spacial score (nSPS) is 58.6. The molecule has 0 aromatic carbocycles. The molecule has 0 aliphatic heterocycles. The fourth-order valence-corrected chi connectivity index (χ4v) is 10.2. The van der Waals surface area contributed by atoms with Crippen molar-refractivity contribution in [2.45, 2.75) is 70.9 Å². The van der Waals surface area contributed by atoms with E-state index in [1.165, 1.54) is 32.1 Å². The maximum Gasteiger partial charge on any atom is 0.161 e. The third kappa shape index (κ3) is 1.90. The number of hydrogen-bond acceptors (Lipinski definition) is 5. The van der Waals surface area contributed by atoms with Crippen LogP contribution in [0.3, 0.4) is 0 Å². The van der Waals surface area contributed by atoms with Crippen molar-refractivity contribution in [2.24, 2.45) is 58.2 Å². The first-order chi connectivity index (χ1) is 13.9. The minimum atomic E-state index is -0.441. The summed E-state index contributed by atoms with van der Waals surface area (Å²) in [6.45, 7) is 4.87. The largest absolute Gasteiger partial charge is 0.390 e. The van der Waals surface area contributed by atoms with Crippen LogP contribution in [0.15, 0.2) is 6.33 Å². The molecule has 29 heavy (non-hydrogen) atoms. The fourth-order valence-electron chi connectivity index (χ4n) is 10.2. The summed E-state index contributed by atoms with van der Waals surface area (Å²) in [6.07, 6.45) is 9.91. The minimum absolute atomic E-state index is 0.0493. The van der Waals surface area contributed by atoms with Crippen LogP contribution in [0.25, 0.3) is 0 Å². The van der Waals surface area contributed by atoms with Crippen molar-refractivity contribution in [1.82, 2.24) is 20.2 Å². The van der Waals surface area contributed by atoms with Crippen molar-refractivity contribution in [3.05, 3.63) is 6.33 Å². The molecule has 1 heterocycles. The van der Waals surface area contributed by atoms with Crippen LogP contribution in [-0.4, -0.2) is 36.7 Å². The van der Waals surface area contributed by atoms with Gasteiger partial charge in [-0.25, -0.2) is 4.68 Å². The molecule has 1 aromatic heterocycles. The van der Waals surface area contributed by atoms with E-state index in [0.717, 1.165) is 48.3 Å². The van der Waals surface area contributed by atoms with Gasteiger partial charge in [0.15, 0.2) is 5.78 Å². The van der Waals surface area contributed by atoms with Gasteiger partial charge in [-0.2, -0.15) is 0 Å². The Balaban J connectivity index is 1.16. The molecule has 156 valence electrons. The fraction of sp³-hybridized carbons (Fsp3) is 0.913. The van der Waals surface area contributed by atoms with Crippen molar-refractivity contribution in [3.8, 4) is 0 Å². The molecule has 6 nitrogen and oxygen atoms in total. The number of ketones is 1. The van der Waals surface area contributed by atoms with Gasteiger partial charge in [-0.15, -0.1) is 5.10 Å². The SMILES string of the molecule is C[C@@]1(O)CC[C@H]2[C@H](CC[C@@H]3[C@@H]2CC[C@@]2(C)[C@H]3[C@@H]3C4[C@@H]3[C@]42C(=O)Cn2cnnn2)C1. The lowest BCUT2D eigenvalue weighted by Gasteiger charge is -2.56. The summed E-state index contributed by atoms with van der Waals surface area (Å²) in [5, 5.41) is 22.0. The number of aromatic nitrogens is 4. The highest BCUT2D eigenvalue weighted by Gasteiger charge is 2.99. The van der Waals surface area contributed by atoms with Crippen molar-refractivity contribution < 1.29 is 9.90 Å². The number of carbonyl (C=O) groups excluding carboxylic acids is 1. The zero-order valence-corrected chi connectivity index (χ0v) is 17.5. The number of rotatable bonds is 3. The molecule has 0 amide bonds. The zero-order chi connectivity index (χ0) is 19.8. The molecule has 11 atom stereocenters. The third-order valence-electron chi connectivity index (χ3n) is 11.0. The molecule has 0 spiro atoms. The molecule has 7 aliphatic carbocycles. The van der Waals surface area contributed by atoms with Crippen LogP contribution >= 0.6 is 0 Å². The molecule has 1 aromatic rings. The summed E-state index contributed by atoms with van der Waals surface area (Å²) in [5.74, 6) is 6.54. The highest BCUT2D eigenvalue weighted by Crippen LogP contribution is 2.99. The minimum Gasteiger partial charge on any atom is -0.390 e. The Hall–Kier alpha value is -1.30. The monoisotopic (exact) mass is 396 g/mol. The van der Waals surface area contributed by atoms with Crippen molar-refractivity contribution in [3.63, 3.8) is 0 Å². The summed E-state index contributed by atoms with van der Waals surface area (Å²) < 4.78 is 1.62. The first-order valence-electron chi connectivity index (χ1n) is 11.8. The standard InChI is InChI=1S/C23H32N4O2/c1-21(29)7-5-13-12(9-21)3-4-15-14(13)6-8-22(2)18(15)17-19-20(17)23(19,22)16(28)10-27-11-24-25-26-27/h11-15,17-20,29H,3-10H2,1-2H3/t12-,13+,14-,15-,17-,18-,19?,20-,21-,22+,23+/m1/s1. The van der Waals surface area contributed by atoms with Crippen LogP contribution in [0.2, 0.25) is 0 Å². The molecule has 7 saturated carbocycles. The van der Waals surface area contributed by atoms with E-state index in [9.17, 15) is 9.90 Å². The van der Waals surface area contributed by atoms with Gasteiger partial charge in [0.2, 0.25) is 0 Å². The smallest absolute Gasteiger partial charge is 0.161 e. The summed E-state index contributed by atoms with van der Waals surface area (Å²) in [7, 11) is 0. The van der Waals surface area contributed by atoms with E-state index in [-0.39, 0.29) is 10.8 Å². The van der Waals surface area contributed by atoms with Crippen LogP contribution in [0.4, 0.5) is 0 Å². The maximum absolute atomic E-state index is 13.5. The molecular formula is C23H32N4O2. The molecule has 1 unspecified atom stereocenters. The number of fused-ring (bicyclic) bond motifs is 3. The van der Waals surface area contributed by atoms with Gasteiger partial charge in [0, 0.05) is 5.41 Å². The average molecular weight is 397 g/mol. The lowest BCUT2D eigenvalue weighted by molar-refractivity contribution is -0.136.